The van der Waals surface area contributed by atoms with Crippen molar-refractivity contribution in [3.05, 3.63) is 93.6 Å². The zero-order valence-corrected chi connectivity index (χ0v) is 15.2. The van der Waals surface area contributed by atoms with E-state index in [-0.39, 0.29) is 5.43 Å². The van der Waals surface area contributed by atoms with Crippen LogP contribution in [-0.2, 0) is 0 Å². The molecule has 2 heteroatoms. The van der Waals surface area contributed by atoms with Gasteiger partial charge in [-0.05, 0) is 55.2 Å². The van der Waals surface area contributed by atoms with E-state index in [9.17, 15) is 4.79 Å². The molecule has 2 nitrogen and oxygen atoms in total. The smallest absolute Gasteiger partial charge is 0.193 e. The Labute approximate surface area is 152 Å². The number of fused-ring (bicyclic) bond motifs is 1. The maximum Gasteiger partial charge on any atom is 0.193 e. The summed E-state index contributed by atoms with van der Waals surface area (Å²) in [5.74, 6) is 0.595. The van der Waals surface area contributed by atoms with E-state index in [1.54, 1.807) is 6.07 Å². The fourth-order valence-corrected chi connectivity index (χ4v) is 3.69. The molecule has 3 aromatic carbocycles. The van der Waals surface area contributed by atoms with Crippen LogP contribution in [0, 0.1) is 20.8 Å². The van der Waals surface area contributed by atoms with Crippen LogP contribution >= 0.6 is 0 Å². The predicted octanol–water partition coefficient (Wildman–Crippen LogP) is 6.05. The molecule has 0 amide bonds. The van der Waals surface area contributed by atoms with Crippen molar-refractivity contribution in [2.24, 2.45) is 0 Å². The highest BCUT2D eigenvalue weighted by atomic mass is 16.3. The van der Waals surface area contributed by atoms with Crippen LogP contribution in [0.25, 0.3) is 33.4 Å². The van der Waals surface area contributed by atoms with Gasteiger partial charge in [0.1, 0.15) is 11.3 Å². The second kappa shape index (κ2) is 6.30. The van der Waals surface area contributed by atoms with Crippen LogP contribution in [-0.4, -0.2) is 0 Å². The molecule has 0 atom stereocenters. The molecule has 1 heterocycles. The summed E-state index contributed by atoms with van der Waals surface area (Å²) in [6.07, 6.45) is 0. The average Bonchev–Trinajstić information content (AvgIpc) is 2.61. The summed E-state index contributed by atoms with van der Waals surface area (Å²) >= 11 is 0. The molecule has 0 unspecified atom stereocenters. The minimum Gasteiger partial charge on any atom is -0.456 e. The number of hydrogen-bond acceptors (Lipinski definition) is 2. The molecular weight excluding hydrogens is 320 g/mol. The number of aryl methyl sites for hydroxylation is 3. The highest BCUT2D eigenvalue weighted by Crippen LogP contribution is 2.31. The van der Waals surface area contributed by atoms with Crippen molar-refractivity contribution in [1.29, 1.82) is 0 Å². The highest BCUT2D eigenvalue weighted by molar-refractivity contribution is 5.85. The molecule has 1 aromatic heterocycles. The molecule has 0 aliphatic carbocycles. The lowest BCUT2D eigenvalue weighted by atomic mass is 9.93. The van der Waals surface area contributed by atoms with Gasteiger partial charge in [-0.25, -0.2) is 0 Å². The van der Waals surface area contributed by atoms with E-state index in [1.807, 2.05) is 48.5 Å². The zero-order chi connectivity index (χ0) is 18.3. The Hall–Kier alpha value is -3.13. The van der Waals surface area contributed by atoms with Gasteiger partial charge in [-0.2, -0.15) is 0 Å². The Kier molecular flexibility index (Phi) is 3.96. The van der Waals surface area contributed by atoms with Crippen LogP contribution < -0.4 is 5.43 Å². The van der Waals surface area contributed by atoms with Crippen LogP contribution in [0.2, 0.25) is 0 Å². The Balaban J connectivity index is 1.94. The Morgan fingerprint density at radius 2 is 1.42 bits per heavy atom. The van der Waals surface area contributed by atoms with Gasteiger partial charge in [0.15, 0.2) is 5.43 Å². The van der Waals surface area contributed by atoms with Crippen molar-refractivity contribution in [1.82, 2.24) is 0 Å². The van der Waals surface area contributed by atoms with Crippen LogP contribution in [0.15, 0.2) is 75.9 Å². The Bertz CT molecular complexity index is 1140. The number of rotatable bonds is 2. The van der Waals surface area contributed by atoms with E-state index in [0.717, 1.165) is 11.1 Å². The standard InChI is InChI=1S/C24H20O2/c1-15-11-16(2)24(17(3)12-15)19-9-10-20-21(25)14-22(26-23(20)13-19)18-7-5-4-6-8-18/h4-14H,1-3H3. The Morgan fingerprint density at radius 3 is 2.12 bits per heavy atom. The molecule has 0 fully saturated rings. The van der Waals surface area contributed by atoms with Crippen molar-refractivity contribution in [3.63, 3.8) is 0 Å². The van der Waals surface area contributed by atoms with E-state index in [4.69, 9.17) is 4.42 Å². The minimum atomic E-state index is -0.0194. The maximum atomic E-state index is 12.5. The van der Waals surface area contributed by atoms with Crippen molar-refractivity contribution in [2.45, 2.75) is 20.8 Å². The molecule has 0 saturated heterocycles. The third kappa shape index (κ3) is 2.84. The van der Waals surface area contributed by atoms with E-state index in [1.165, 1.54) is 22.3 Å². The molecule has 0 aliphatic heterocycles. The maximum absolute atomic E-state index is 12.5. The Morgan fingerprint density at radius 1 is 0.731 bits per heavy atom. The molecular formula is C24H20O2. The molecule has 4 rings (SSSR count). The predicted molar refractivity (Wildman–Crippen MR) is 108 cm³/mol. The molecule has 0 bridgehead atoms. The van der Waals surface area contributed by atoms with Gasteiger partial charge in [-0.15, -0.1) is 0 Å². The lowest BCUT2D eigenvalue weighted by Crippen LogP contribution is -2.00. The van der Waals surface area contributed by atoms with Gasteiger partial charge >= 0.3 is 0 Å². The normalized spacial score (nSPS) is 11.0. The molecule has 0 radical (unpaired) electrons. The van der Waals surface area contributed by atoms with E-state index < -0.39 is 0 Å². The number of hydrogen-bond donors (Lipinski definition) is 0. The summed E-state index contributed by atoms with van der Waals surface area (Å²) in [5.41, 5.74) is 7.47. The van der Waals surface area contributed by atoms with Crippen LogP contribution in [0.5, 0.6) is 0 Å². The summed E-state index contributed by atoms with van der Waals surface area (Å²) in [6, 6.07) is 21.5. The fraction of sp³-hybridized carbons (Fsp3) is 0.125. The first-order chi connectivity index (χ1) is 12.5. The van der Waals surface area contributed by atoms with Crippen LogP contribution in [0.1, 0.15) is 16.7 Å². The molecule has 26 heavy (non-hydrogen) atoms. The lowest BCUT2D eigenvalue weighted by Gasteiger charge is -2.12. The first-order valence-corrected chi connectivity index (χ1v) is 8.74. The average molecular weight is 340 g/mol. The molecule has 0 N–H and O–H groups in total. The quantitative estimate of drug-likeness (QED) is 0.444. The SMILES string of the molecule is Cc1cc(C)c(-c2ccc3c(=O)cc(-c4ccccc4)oc3c2)c(C)c1. The molecule has 0 spiro atoms. The van der Waals surface area contributed by atoms with Gasteiger partial charge in [0.2, 0.25) is 0 Å². The van der Waals surface area contributed by atoms with Gasteiger partial charge in [-0.1, -0.05) is 54.1 Å². The summed E-state index contributed by atoms with van der Waals surface area (Å²) in [7, 11) is 0. The lowest BCUT2D eigenvalue weighted by molar-refractivity contribution is 0.619. The molecule has 0 saturated carbocycles. The number of benzene rings is 3. The van der Waals surface area contributed by atoms with Crippen molar-refractivity contribution in [3.8, 4) is 22.5 Å². The summed E-state index contributed by atoms with van der Waals surface area (Å²) in [6.45, 7) is 6.35. The van der Waals surface area contributed by atoms with Crippen molar-refractivity contribution in [2.75, 3.05) is 0 Å². The first kappa shape index (κ1) is 16.3. The van der Waals surface area contributed by atoms with Gasteiger partial charge < -0.3 is 4.42 Å². The van der Waals surface area contributed by atoms with Gasteiger partial charge in [-0.3, -0.25) is 4.79 Å². The fourth-order valence-electron chi connectivity index (χ4n) is 3.69. The summed E-state index contributed by atoms with van der Waals surface area (Å²) in [4.78, 5) is 12.5. The second-order valence-corrected chi connectivity index (χ2v) is 6.83. The molecule has 128 valence electrons. The van der Waals surface area contributed by atoms with E-state index in [2.05, 4.69) is 32.9 Å². The van der Waals surface area contributed by atoms with Crippen LogP contribution in [0.4, 0.5) is 0 Å². The van der Waals surface area contributed by atoms with Crippen LogP contribution in [0.3, 0.4) is 0 Å². The molecule has 4 aromatic rings. The van der Waals surface area contributed by atoms with Gasteiger partial charge in [0.25, 0.3) is 0 Å². The largest absolute Gasteiger partial charge is 0.456 e. The van der Waals surface area contributed by atoms with Gasteiger partial charge in [0.05, 0.1) is 5.39 Å². The van der Waals surface area contributed by atoms with Crippen molar-refractivity contribution >= 4 is 11.0 Å². The third-order valence-corrected chi connectivity index (χ3v) is 4.75. The zero-order valence-electron chi connectivity index (χ0n) is 15.2. The monoisotopic (exact) mass is 340 g/mol. The first-order valence-electron chi connectivity index (χ1n) is 8.74. The second-order valence-electron chi connectivity index (χ2n) is 6.83. The molecule has 0 aliphatic rings. The topological polar surface area (TPSA) is 30.2 Å². The minimum absolute atomic E-state index is 0.0194. The van der Waals surface area contributed by atoms with Crippen molar-refractivity contribution < 1.29 is 4.42 Å². The highest BCUT2D eigenvalue weighted by Gasteiger charge is 2.11. The van der Waals surface area contributed by atoms with E-state index in [0.29, 0.717) is 16.7 Å². The third-order valence-electron chi connectivity index (χ3n) is 4.75. The van der Waals surface area contributed by atoms with Gasteiger partial charge in [0, 0.05) is 11.6 Å². The van der Waals surface area contributed by atoms with E-state index >= 15 is 0 Å². The summed E-state index contributed by atoms with van der Waals surface area (Å²) in [5, 5.41) is 0.607. The summed E-state index contributed by atoms with van der Waals surface area (Å²) < 4.78 is 6.09.